The molecule has 0 aliphatic heterocycles. The van der Waals surface area contributed by atoms with E-state index in [2.05, 4.69) is 11.9 Å². The van der Waals surface area contributed by atoms with Crippen LogP contribution in [0.4, 0.5) is 0 Å². The smallest absolute Gasteiger partial charge is 0.188 e. The Hall–Kier alpha value is -1.68. The van der Waals surface area contributed by atoms with Crippen LogP contribution in [-0.2, 0) is 0 Å². The molecule has 0 spiro atoms. The highest BCUT2D eigenvalue weighted by molar-refractivity contribution is 7.12. The van der Waals surface area contributed by atoms with Gasteiger partial charge in [-0.15, -0.1) is 11.3 Å². The topological polar surface area (TPSA) is 39.2 Å². The van der Waals surface area contributed by atoms with E-state index in [1.54, 1.807) is 0 Å². The molecule has 0 bridgehead atoms. The number of ketones is 1. The molecule has 18 heavy (non-hydrogen) atoms. The zero-order valence-electron chi connectivity index (χ0n) is 10.5. The summed E-state index contributed by atoms with van der Waals surface area (Å²) in [4.78, 5) is 15.5. The molecule has 3 nitrogen and oxygen atoms in total. The first-order chi connectivity index (χ1) is 8.70. The van der Waals surface area contributed by atoms with Gasteiger partial charge in [-0.05, 0) is 30.7 Å². The quantitative estimate of drug-likeness (QED) is 0.768. The zero-order chi connectivity index (χ0) is 13.0. The van der Waals surface area contributed by atoms with E-state index in [1.165, 1.54) is 18.3 Å². The maximum Gasteiger partial charge on any atom is 0.188 e. The Labute approximate surface area is 110 Å². The van der Waals surface area contributed by atoms with Crippen molar-refractivity contribution in [1.29, 1.82) is 0 Å². The molecule has 94 valence electrons. The van der Waals surface area contributed by atoms with E-state index in [-0.39, 0.29) is 5.78 Å². The van der Waals surface area contributed by atoms with Gasteiger partial charge < -0.3 is 4.74 Å². The molecule has 0 amide bonds. The Morgan fingerprint density at radius 2 is 2.06 bits per heavy atom. The number of thiazole rings is 1. The van der Waals surface area contributed by atoms with Crippen LogP contribution in [-0.4, -0.2) is 17.4 Å². The van der Waals surface area contributed by atoms with Crippen molar-refractivity contribution in [2.45, 2.75) is 20.3 Å². The molecule has 0 unspecified atom stereocenters. The van der Waals surface area contributed by atoms with E-state index in [4.69, 9.17) is 4.74 Å². The first kappa shape index (κ1) is 12.8. The number of Topliss-reactive ketones (excluding diaryl/α,β-unsaturated/α-hetero) is 1. The van der Waals surface area contributed by atoms with Crippen LogP contribution in [0.3, 0.4) is 0 Å². The van der Waals surface area contributed by atoms with Gasteiger partial charge in [0, 0.05) is 17.9 Å². The van der Waals surface area contributed by atoms with Gasteiger partial charge in [0.25, 0.3) is 0 Å². The van der Waals surface area contributed by atoms with Gasteiger partial charge in [-0.3, -0.25) is 4.79 Å². The number of hydrogen-bond acceptors (Lipinski definition) is 4. The van der Waals surface area contributed by atoms with Crippen LogP contribution >= 0.6 is 11.3 Å². The summed E-state index contributed by atoms with van der Waals surface area (Å²) in [7, 11) is 0. The number of hydrogen-bond donors (Lipinski definition) is 0. The first-order valence-corrected chi connectivity index (χ1v) is 6.78. The monoisotopic (exact) mass is 261 g/mol. The summed E-state index contributed by atoms with van der Waals surface area (Å²) in [6.07, 6.45) is 0.996. The fraction of sp³-hybridized carbons (Fsp3) is 0.286. The Bertz CT molecular complexity index is 531. The lowest BCUT2D eigenvalue weighted by atomic mass is 10.2. The highest BCUT2D eigenvalue weighted by atomic mass is 32.1. The highest BCUT2D eigenvalue weighted by Crippen LogP contribution is 2.24. The lowest BCUT2D eigenvalue weighted by Gasteiger charge is -2.04. The van der Waals surface area contributed by atoms with Crippen molar-refractivity contribution in [3.8, 4) is 17.0 Å². The van der Waals surface area contributed by atoms with E-state index in [1.807, 2.05) is 29.6 Å². The molecule has 0 saturated heterocycles. The van der Waals surface area contributed by atoms with Crippen molar-refractivity contribution in [1.82, 2.24) is 4.98 Å². The molecule has 2 aromatic rings. The molecule has 0 aliphatic rings. The molecule has 1 heterocycles. The average molecular weight is 261 g/mol. The number of carbonyl (C=O) groups excluding carboxylic acids is 1. The Kier molecular flexibility index (Phi) is 4.10. The van der Waals surface area contributed by atoms with Crippen molar-refractivity contribution in [3.05, 3.63) is 34.7 Å². The molecule has 1 aromatic carbocycles. The molecule has 0 atom stereocenters. The minimum atomic E-state index is 0.00847. The molecule has 2 rings (SSSR count). The number of benzene rings is 1. The van der Waals surface area contributed by atoms with Gasteiger partial charge in [0.2, 0.25) is 0 Å². The number of aromatic nitrogens is 1. The molecule has 0 aliphatic carbocycles. The molecule has 0 saturated carbocycles. The maximum absolute atomic E-state index is 11.2. The molecule has 0 fully saturated rings. The number of nitrogens with zero attached hydrogens (tertiary/aromatic N) is 1. The van der Waals surface area contributed by atoms with Crippen LogP contribution in [0.2, 0.25) is 0 Å². The van der Waals surface area contributed by atoms with Crippen molar-refractivity contribution in [2.24, 2.45) is 0 Å². The van der Waals surface area contributed by atoms with Crippen LogP contribution in [0.1, 0.15) is 30.1 Å². The Morgan fingerprint density at radius 3 is 2.61 bits per heavy atom. The van der Waals surface area contributed by atoms with E-state index in [9.17, 15) is 4.79 Å². The molecule has 0 radical (unpaired) electrons. The van der Waals surface area contributed by atoms with Crippen LogP contribution in [0.5, 0.6) is 5.75 Å². The Balaban J connectivity index is 2.15. The maximum atomic E-state index is 11.2. The van der Waals surface area contributed by atoms with Gasteiger partial charge >= 0.3 is 0 Å². The fourth-order valence-electron chi connectivity index (χ4n) is 1.51. The van der Waals surface area contributed by atoms with E-state index in [0.717, 1.165) is 30.0 Å². The van der Waals surface area contributed by atoms with Gasteiger partial charge in [0.1, 0.15) is 5.75 Å². The SMILES string of the molecule is CCCOc1ccc(-c2csc(C(C)=O)n2)cc1. The standard InChI is InChI=1S/C14H15NO2S/c1-3-8-17-12-6-4-11(5-7-12)13-9-18-14(15-13)10(2)16/h4-7,9H,3,8H2,1-2H3. The minimum absolute atomic E-state index is 0.00847. The lowest BCUT2D eigenvalue weighted by Crippen LogP contribution is -1.94. The van der Waals surface area contributed by atoms with Crippen LogP contribution in [0.15, 0.2) is 29.6 Å². The van der Waals surface area contributed by atoms with Gasteiger partial charge in [0.15, 0.2) is 10.8 Å². The number of rotatable bonds is 5. The van der Waals surface area contributed by atoms with Crippen LogP contribution in [0, 0.1) is 0 Å². The van der Waals surface area contributed by atoms with Crippen molar-refractivity contribution < 1.29 is 9.53 Å². The molecule has 0 N–H and O–H groups in total. The van der Waals surface area contributed by atoms with E-state index >= 15 is 0 Å². The second-order valence-electron chi connectivity index (χ2n) is 3.97. The second-order valence-corrected chi connectivity index (χ2v) is 4.83. The summed E-state index contributed by atoms with van der Waals surface area (Å²) < 4.78 is 5.52. The minimum Gasteiger partial charge on any atom is -0.494 e. The summed E-state index contributed by atoms with van der Waals surface area (Å²) in [5.74, 6) is 0.872. The molecule has 4 heteroatoms. The summed E-state index contributed by atoms with van der Waals surface area (Å²) in [6, 6.07) is 7.78. The van der Waals surface area contributed by atoms with E-state index in [0.29, 0.717) is 5.01 Å². The summed E-state index contributed by atoms with van der Waals surface area (Å²) >= 11 is 1.38. The normalized spacial score (nSPS) is 10.3. The number of carbonyl (C=O) groups is 1. The molecule has 1 aromatic heterocycles. The molecular weight excluding hydrogens is 246 g/mol. The third-order valence-corrected chi connectivity index (χ3v) is 3.37. The summed E-state index contributed by atoms with van der Waals surface area (Å²) in [5, 5.41) is 2.45. The third kappa shape index (κ3) is 2.96. The van der Waals surface area contributed by atoms with Gasteiger partial charge in [-0.1, -0.05) is 6.92 Å². The van der Waals surface area contributed by atoms with Gasteiger partial charge in [-0.2, -0.15) is 0 Å². The van der Waals surface area contributed by atoms with Gasteiger partial charge in [0.05, 0.1) is 12.3 Å². The lowest BCUT2D eigenvalue weighted by molar-refractivity contribution is 0.101. The predicted molar refractivity (Wildman–Crippen MR) is 73.3 cm³/mol. The van der Waals surface area contributed by atoms with Crippen molar-refractivity contribution >= 4 is 17.1 Å². The first-order valence-electron chi connectivity index (χ1n) is 5.90. The van der Waals surface area contributed by atoms with Gasteiger partial charge in [-0.25, -0.2) is 4.98 Å². The summed E-state index contributed by atoms with van der Waals surface area (Å²) in [5.41, 5.74) is 1.84. The fourth-order valence-corrected chi connectivity index (χ4v) is 2.24. The van der Waals surface area contributed by atoms with Crippen LogP contribution < -0.4 is 4.74 Å². The largest absolute Gasteiger partial charge is 0.494 e. The second kappa shape index (κ2) is 5.78. The average Bonchev–Trinajstić information content (AvgIpc) is 2.87. The van der Waals surface area contributed by atoms with Crippen molar-refractivity contribution in [2.75, 3.05) is 6.61 Å². The number of ether oxygens (including phenoxy) is 1. The van der Waals surface area contributed by atoms with Crippen molar-refractivity contribution in [3.63, 3.8) is 0 Å². The predicted octanol–water partition coefficient (Wildman–Crippen LogP) is 3.80. The third-order valence-electron chi connectivity index (χ3n) is 2.43. The van der Waals surface area contributed by atoms with Crippen LogP contribution in [0.25, 0.3) is 11.3 Å². The summed E-state index contributed by atoms with van der Waals surface area (Å²) in [6.45, 7) is 4.34. The van der Waals surface area contributed by atoms with E-state index < -0.39 is 0 Å². The Morgan fingerprint density at radius 1 is 1.33 bits per heavy atom. The highest BCUT2D eigenvalue weighted by Gasteiger charge is 2.07. The molecular formula is C14H15NO2S. The zero-order valence-corrected chi connectivity index (χ0v) is 11.3.